The minimum absolute atomic E-state index is 0.0678. The van der Waals surface area contributed by atoms with Gasteiger partial charge < -0.3 is 5.21 Å². The first-order valence-electron chi connectivity index (χ1n) is 5.27. The zero-order valence-corrected chi connectivity index (χ0v) is 10.9. The quantitative estimate of drug-likeness (QED) is 0.317. The fourth-order valence-electron chi connectivity index (χ4n) is 3.28. The highest BCUT2D eigenvalue weighted by Crippen LogP contribution is 2.63. The molecule has 0 aromatic heterocycles. The molecule has 0 heterocycles. The Morgan fingerprint density at radius 1 is 1.60 bits per heavy atom. The van der Waals surface area contributed by atoms with Gasteiger partial charge in [-0.3, -0.25) is 4.79 Å². The maximum atomic E-state index is 12.2. The molecule has 0 amide bonds. The SMILES string of the molecule is C/[N+]([O-])=C1\C(=O)[C@@]2(C)CC[C@@H]1[C@@]2(C)CBr. The van der Waals surface area contributed by atoms with E-state index < -0.39 is 0 Å². The Kier molecular flexibility index (Phi) is 2.27. The van der Waals surface area contributed by atoms with Crippen molar-refractivity contribution in [1.29, 1.82) is 0 Å². The Bertz CT molecular complexity index is 362. The van der Waals surface area contributed by atoms with Crippen molar-refractivity contribution in [3.8, 4) is 0 Å². The first kappa shape index (κ1) is 11.1. The summed E-state index contributed by atoms with van der Waals surface area (Å²) in [6.07, 6.45) is 1.88. The Labute approximate surface area is 98.3 Å². The highest BCUT2D eigenvalue weighted by atomic mass is 79.9. The number of fused-ring (bicyclic) bond motifs is 2. The molecule has 0 N–H and O–H groups in total. The van der Waals surface area contributed by atoms with Crippen molar-refractivity contribution < 1.29 is 9.53 Å². The van der Waals surface area contributed by atoms with Gasteiger partial charge in [0, 0.05) is 16.2 Å². The van der Waals surface area contributed by atoms with E-state index in [1.165, 1.54) is 7.05 Å². The lowest BCUT2D eigenvalue weighted by atomic mass is 9.70. The molecule has 15 heavy (non-hydrogen) atoms. The predicted octanol–water partition coefficient (Wildman–Crippen LogP) is 1.97. The standard InChI is InChI=1S/C11H16BrNO2/c1-10-5-4-7(11(10,2)6-12)8(9(10)14)13(3)15/h7H,4-6H2,1-3H3/b13-8+/t7-,10+,11+/m0/s1. The summed E-state index contributed by atoms with van der Waals surface area (Å²) >= 11 is 3.51. The summed E-state index contributed by atoms with van der Waals surface area (Å²) in [6, 6.07) is 0. The number of hydroxylamine groups is 1. The Balaban J connectivity index is 2.60. The molecular weight excluding hydrogens is 258 g/mol. The van der Waals surface area contributed by atoms with E-state index in [0.717, 1.165) is 22.9 Å². The van der Waals surface area contributed by atoms with Crippen LogP contribution in [0.5, 0.6) is 0 Å². The Hall–Kier alpha value is -0.380. The molecule has 2 rings (SSSR count). The van der Waals surface area contributed by atoms with Crippen molar-refractivity contribution in [2.45, 2.75) is 26.7 Å². The van der Waals surface area contributed by atoms with Gasteiger partial charge in [0.1, 0.15) is 7.05 Å². The number of ketones is 1. The number of carbonyl (C=O) groups is 1. The molecule has 3 nitrogen and oxygen atoms in total. The van der Waals surface area contributed by atoms with Gasteiger partial charge in [0.15, 0.2) is 0 Å². The zero-order chi connectivity index (χ0) is 11.4. The normalized spacial score (nSPS) is 47.5. The summed E-state index contributed by atoms with van der Waals surface area (Å²) in [5.41, 5.74) is 0.0680. The van der Waals surface area contributed by atoms with Crippen molar-refractivity contribution in [3.63, 3.8) is 0 Å². The molecule has 0 aromatic rings. The van der Waals surface area contributed by atoms with Crippen LogP contribution in [0.1, 0.15) is 26.7 Å². The second-order valence-electron chi connectivity index (χ2n) is 5.19. The highest BCUT2D eigenvalue weighted by Gasteiger charge is 2.69. The zero-order valence-electron chi connectivity index (χ0n) is 9.34. The van der Waals surface area contributed by atoms with E-state index in [4.69, 9.17) is 0 Å². The molecule has 2 aliphatic rings. The van der Waals surface area contributed by atoms with Gasteiger partial charge in [-0.2, -0.15) is 0 Å². The van der Waals surface area contributed by atoms with Crippen molar-refractivity contribution in [2.24, 2.45) is 16.7 Å². The summed E-state index contributed by atoms with van der Waals surface area (Å²) in [7, 11) is 1.44. The maximum absolute atomic E-state index is 12.2. The molecule has 84 valence electrons. The van der Waals surface area contributed by atoms with Crippen LogP contribution in [0.15, 0.2) is 0 Å². The number of Topliss-reactive ketones (excluding diaryl/α,β-unsaturated/α-hetero) is 1. The second kappa shape index (κ2) is 3.06. The van der Waals surface area contributed by atoms with Gasteiger partial charge in [-0.05, 0) is 12.8 Å². The van der Waals surface area contributed by atoms with Gasteiger partial charge >= 0.3 is 0 Å². The minimum Gasteiger partial charge on any atom is -0.624 e. The first-order valence-corrected chi connectivity index (χ1v) is 6.39. The van der Waals surface area contributed by atoms with Crippen LogP contribution in [0.4, 0.5) is 0 Å². The Morgan fingerprint density at radius 2 is 2.20 bits per heavy atom. The van der Waals surface area contributed by atoms with E-state index >= 15 is 0 Å². The molecule has 2 fully saturated rings. The smallest absolute Gasteiger partial charge is 0.234 e. The fourth-order valence-corrected chi connectivity index (χ4v) is 4.29. The third-order valence-corrected chi connectivity index (χ3v) is 5.81. The number of halogens is 1. The highest BCUT2D eigenvalue weighted by molar-refractivity contribution is 9.09. The van der Waals surface area contributed by atoms with Crippen LogP contribution in [0.3, 0.4) is 0 Å². The average Bonchev–Trinajstić information content (AvgIpc) is 2.51. The molecule has 0 aliphatic heterocycles. The van der Waals surface area contributed by atoms with Crippen LogP contribution in [-0.4, -0.2) is 28.6 Å². The molecule has 3 atom stereocenters. The molecule has 0 aromatic carbocycles. The van der Waals surface area contributed by atoms with Crippen LogP contribution in [0.2, 0.25) is 0 Å². The van der Waals surface area contributed by atoms with E-state index in [0.29, 0.717) is 5.71 Å². The molecule has 0 radical (unpaired) electrons. The van der Waals surface area contributed by atoms with Gasteiger partial charge in [0.05, 0.1) is 5.92 Å². The van der Waals surface area contributed by atoms with Crippen molar-refractivity contribution in [1.82, 2.24) is 0 Å². The monoisotopic (exact) mass is 273 g/mol. The molecule has 2 saturated carbocycles. The van der Waals surface area contributed by atoms with Crippen LogP contribution in [-0.2, 0) is 4.79 Å². The number of carbonyl (C=O) groups excluding carboxylic acids is 1. The predicted molar refractivity (Wildman–Crippen MR) is 62.3 cm³/mol. The number of hydrogen-bond acceptors (Lipinski definition) is 2. The molecular formula is C11H16BrNO2. The second-order valence-corrected chi connectivity index (χ2v) is 5.75. The molecule has 0 unspecified atom stereocenters. The summed E-state index contributed by atoms with van der Waals surface area (Å²) in [5, 5.41) is 12.2. The third-order valence-electron chi connectivity index (χ3n) is 4.64. The van der Waals surface area contributed by atoms with E-state index in [9.17, 15) is 10.0 Å². The van der Waals surface area contributed by atoms with Gasteiger partial charge in [-0.25, -0.2) is 4.74 Å². The summed E-state index contributed by atoms with van der Waals surface area (Å²) in [6.45, 7) is 4.13. The van der Waals surface area contributed by atoms with Crippen molar-refractivity contribution >= 4 is 27.4 Å². The summed E-state index contributed by atoms with van der Waals surface area (Å²) < 4.78 is 0.776. The summed E-state index contributed by atoms with van der Waals surface area (Å²) in [4.78, 5) is 12.2. The van der Waals surface area contributed by atoms with E-state index in [1.54, 1.807) is 0 Å². The lowest BCUT2D eigenvalue weighted by Gasteiger charge is -2.33. The van der Waals surface area contributed by atoms with Crippen molar-refractivity contribution in [3.05, 3.63) is 5.21 Å². The molecule has 0 saturated heterocycles. The third kappa shape index (κ3) is 1.06. The number of nitrogens with zero attached hydrogens (tertiary/aromatic N) is 1. The van der Waals surface area contributed by atoms with E-state index in [-0.39, 0.29) is 22.5 Å². The van der Waals surface area contributed by atoms with Gasteiger partial charge in [0.25, 0.3) is 0 Å². The minimum atomic E-state index is -0.338. The number of hydrogen-bond donors (Lipinski definition) is 0. The number of alkyl halides is 1. The first-order chi connectivity index (χ1) is 6.88. The van der Waals surface area contributed by atoms with Gasteiger partial charge in [0.2, 0.25) is 11.5 Å². The van der Waals surface area contributed by atoms with Gasteiger partial charge in [-0.1, -0.05) is 29.8 Å². The van der Waals surface area contributed by atoms with Crippen LogP contribution in [0.25, 0.3) is 0 Å². The lowest BCUT2D eigenvalue weighted by molar-refractivity contribution is -0.424. The van der Waals surface area contributed by atoms with E-state index in [2.05, 4.69) is 22.9 Å². The van der Waals surface area contributed by atoms with Crippen LogP contribution >= 0.6 is 15.9 Å². The Morgan fingerprint density at radius 3 is 2.53 bits per heavy atom. The summed E-state index contributed by atoms with van der Waals surface area (Å²) in [5.74, 6) is 0.204. The molecule has 2 bridgehead atoms. The van der Waals surface area contributed by atoms with Gasteiger partial charge in [-0.15, -0.1) is 0 Å². The average molecular weight is 274 g/mol. The maximum Gasteiger partial charge on any atom is 0.234 e. The topological polar surface area (TPSA) is 43.1 Å². The van der Waals surface area contributed by atoms with Crippen molar-refractivity contribution in [2.75, 3.05) is 12.4 Å². The fraction of sp³-hybridized carbons (Fsp3) is 0.818. The molecule has 0 spiro atoms. The van der Waals surface area contributed by atoms with Crippen LogP contribution in [0, 0.1) is 22.0 Å². The van der Waals surface area contributed by atoms with Crippen LogP contribution < -0.4 is 0 Å². The van der Waals surface area contributed by atoms with E-state index in [1.807, 2.05) is 6.92 Å². The number of rotatable bonds is 1. The molecule has 2 aliphatic carbocycles. The molecule has 4 heteroatoms. The largest absolute Gasteiger partial charge is 0.624 e. The lowest BCUT2D eigenvalue weighted by Crippen LogP contribution is -2.37.